The predicted octanol–water partition coefficient (Wildman–Crippen LogP) is 2.28. The highest BCUT2D eigenvalue weighted by atomic mass is 79.9. The van der Waals surface area contributed by atoms with Gasteiger partial charge in [-0.1, -0.05) is 0 Å². The maximum atomic E-state index is 5.87. The third-order valence-electron chi connectivity index (χ3n) is 1.96. The lowest BCUT2D eigenvalue weighted by molar-refractivity contribution is 1.25. The minimum atomic E-state index is 0.441. The number of amidine groups is 1. The Morgan fingerprint density at radius 3 is 2.62 bits per heavy atom. The summed E-state index contributed by atoms with van der Waals surface area (Å²) in [4.78, 5) is 12.3. The zero-order valence-corrected chi connectivity index (χ0v) is 9.92. The number of aromatic nitrogens is 2. The Morgan fingerprint density at radius 2 is 1.94 bits per heavy atom. The van der Waals surface area contributed by atoms with Crippen LogP contribution in [0.4, 0.5) is 5.69 Å². The summed E-state index contributed by atoms with van der Waals surface area (Å²) in [7, 11) is 0. The Bertz CT molecular complexity index is 510. The van der Waals surface area contributed by atoms with Gasteiger partial charge in [0.15, 0.2) is 0 Å². The van der Waals surface area contributed by atoms with E-state index in [0.29, 0.717) is 16.1 Å². The van der Waals surface area contributed by atoms with Crippen molar-refractivity contribution in [2.24, 2.45) is 10.7 Å². The molecule has 16 heavy (non-hydrogen) atoms. The number of hydrogen-bond acceptors (Lipinski definition) is 3. The molecule has 0 aliphatic carbocycles. The topological polar surface area (TPSA) is 64.2 Å². The van der Waals surface area contributed by atoms with Crippen LogP contribution in [0.2, 0.25) is 0 Å². The van der Waals surface area contributed by atoms with E-state index in [1.807, 2.05) is 24.3 Å². The zero-order valence-electron chi connectivity index (χ0n) is 8.34. The van der Waals surface area contributed by atoms with Gasteiger partial charge in [-0.05, 0) is 40.2 Å². The van der Waals surface area contributed by atoms with E-state index >= 15 is 0 Å². The molecule has 0 fully saturated rings. The second-order valence-electron chi connectivity index (χ2n) is 3.05. The van der Waals surface area contributed by atoms with Gasteiger partial charge in [0.05, 0.1) is 5.69 Å². The van der Waals surface area contributed by atoms with Crippen LogP contribution in [0.1, 0.15) is 5.56 Å². The number of rotatable bonds is 2. The van der Waals surface area contributed by atoms with Gasteiger partial charge < -0.3 is 5.73 Å². The van der Waals surface area contributed by atoms with Crippen molar-refractivity contribution in [1.82, 2.24) is 9.97 Å². The summed E-state index contributed by atoms with van der Waals surface area (Å²) in [5.41, 5.74) is 7.41. The molecule has 0 spiro atoms. The Kier molecular flexibility index (Phi) is 3.26. The highest BCUT2D eigenvalue weighted by molar-refractivity contribution is 9.10. The van der Waals surface area contributed by atoms with Crippen molar-refractivity contribution in [1.29, 1.82) is 0 Å². The largest absolute Gasteiger partial charge is 0.383 e. The molecular weight excluding hydrogens is 268 g/mol. The lowest BCUT2D eigenvalue weighted by atomic mass is 10.2. The predicted molar refractivity (Wildman–Crippen MR) is 66.6 cm³/mol. The molecule has 2 aromatic heterocycles. The average Bonchev–Trinajstić information content (AvgIpc) is 2.33. The van der Waals surface area contributed by atoms with Crippen LogP contribution in [-0.4, -0.2) is 15.8 Å². The standard InChI is InChI=1S/C11H9BrN4/c12-10-9(2-1-5-15-10)16-11(13)8-3-6-14-7-4-8/h1-7H,(H2,13,16). The van der Waals surface area contributed by atoms with Crippen molar-refractivity contribution in [2.75, 3.05) is 0 Å². The average molecular weight is 277 g/mol. The second kappa shape index (κ2) is 4.85. The molecule has 2 N–H and O–H groups in total. The lowest BCUT2D eigenvalue weighted by Crippen LogP contribution is -2.12. The molecule has 5 heteroatoms. The van der Waals surface area contributed by atoms with Gasteiger partial charge in [0.25, 0.3) is 0 Å². The SMILES string of the molecule is NC(=Nc1cccnc1Br)c1ccncc1. The molecule has 0 atom stereocenters. The number of aliphatic imine (C=N–C) groups is 1. The summed E-state index contributed by atoms with van der Waals surface area (Å²) in [5.74, 6) is 0.441. The van der Waals surface area contributed by atoms with Gasteiger partial charge in [-0.25, -0.2) is 9.98 Å². The number of halogens is 1. The van der Waals surface area contributed by atoms with Crippen molar-refractivity contribution in [2.45, 2.75) is 0 Å². The van der Waals surface area contributed by atoms with E-state index in [2.05, 4.69) is 30.9 Å². The molecule has 0 saturated carbocycles. The van der Waals surface area contributed by atoms with Gasteiger partial charge in [-0.15, -0.1) is 0 Å². The van der Waals surface area contributed by atoms with Crippen molar-refractivity contribution in [3.63, 3.8) is 0 Å². The van der Waals surface area contributed by atoms with E-state index in [4.69, 9.17) is 5.73 Å². The molecule has 0 unspecified atom stereocenters. The van der Waals surface area contributed by atoms with Crippen molar-refractivity contribution < 1.29 is 0 Å². The second-order valence-corrected chi connectivity index (χ2v) is 3.80. The Labute approximate surface area is 101 Å². The molecule has 0 aliphatic heterocycles. The van der Waals surface area contributed by atoms with E-state index in [0.717, 1.165) is 5.56 Å². The normalized spacial score (nSPS) is 11.4. The summed E-state index contributed by atoms with van der Waals surface area (Å²) in [6, 6.07) is 7.26. The van der Waals surface area contributed by atoms with Gasteiger partial charge in [0, 0.05) is 24.2 Å². The maximum absolute atomic E-state index is 5.87. The first-order chi connectivity index (χ1) is 7.77. The minimum Gasteiger partial charge on any atom is -0.383 e. The Morgan fingerprint density at radius 1 is 1.19 bits per heavy atom. The summed E-state index contributed by atoms with van der Waals surface area (Å²) in [5, 5.41) is 0. The third kappa shape index (κ3) is 2.43. The Balaban J connectivity index is 2.36. The van der Waals surface area contributed by atoms with Crippen LogP contribution in [0.5, 0.6) is 0 Å². The van der Waals surface area contributed by atoms with Crippen LogP contribution in [-0.2, 0) is 0 Å². The quantitative estimate of drug-likeness (QED) is 0.520. The van der Waals surface area contributed by atoms with Gasteiger partial charge in [0.2, 0.25) is 0 Å². The fourth-order valence-electron chi connectivity index (χ4n) is 1.18. The highest BCUT2D eigenvalue weighted by Crippen LogP contribution is 2.22. The fraction of sp³-hybridized carbons (Fsp3) is 0. The first-order valence-electron chi connectivity index (χ1n) is 4.62. The first-order valence-corrected chi connectivity index (χ1v) is 5.42. The molecule has 4 nitrogen and oxygen atoms in total. The van der Waals surface area contributed by atoms with Crippen LogP contribution in [0.15, 0.2) is 52.5 Å². The number of nitrogens with zero attached hydrogens (tertiary/aromatic N) is 3. The maximum Gasteiger partial charge on any atom is 0.131 e. The highest BCUT2D eigenvalue weighted by Gasteiger charge is 2.01. The number of pyridine rings is 2. The molecule has 0 aliphatic rings. The molecule has 2 heterocycles. The van der Waals surface area contributed by atoms with Crippen LogP contribution < -0.4 is 5.73 Å². The molecule has 0 radical (unpaired) electrons. The monoisotopic (exact) mass is 276 g/mol. The van der Waals surface area contributed by atoms with E-state index in [1.54, 1.807) is 18.6 Å². The van der Waals surface area contributed by atoms with E-state index in [-0.39, 0.29) is 0 Å². The minimum absolute atomic E-state index is 0.441. The summed E-state index contributed by atoms with van der Waals surface area (Å²) in [6.07, 6.45) is 5.04. The molecular formula is C11H9BrN4. The molecule has 80 valence electrons. The summed E-state index contributed by atoms with van der Waals surface area (Å²) >= 11 is 3.31. The first kappa shape index (κ1) is 10.8. The van der Waals surface area contributed by atoms with E-state index in [9.17, 15) is 0 Å². The lowest BCUT2D eigenvalue weighted by Gasteiger charge is -2.01. The zero-order chi connectivity index (χ0) is 11.4. The van der Waals surface area contributed by atoms with Crippen LogP contribution in [0.25, 0.3) is 0 Å². The van der Waals surface area contributed by atoms with Gasteiger partial charge in [-0.2, -0.15) is 0 Å². The molecule has 0 bridgehead atoms. The van der Waals surface area contributed by atoms with Crippen molar-refractivity contribution in [3.8, 4) is 0 Å². The smallest absolute Gasteiger partial charge is 0.131 e. The van der Waals surface area contributed by atoms with Crippen molar-refractivity contribution >= 4 is 27.5 Å². The fourth-order valence-corrected chi connectivity index (χ4v) is 1.52. The summed E-state index contributed by atoms with van der Waals surface area (Å²) < 4.78 is 0.673. The van der Waals surface area contributed by atoms with Crippen LogP contribution in [0, 0.1) is 0 Å². The van der Waals surface area contributed by atoms with Crippen molar-refractivity contribution in [3.05, 3.63) is 53.0 Å². The Hall–Kier alpha value is -1.75. The third-order valence-corrected chi connectivity index (χ3v) is 2.57. The van der Waals surface area contributed by atoms with Gasteiger partial charge in [0.1, 0.15) is 10.4 Å². The summed E-state index contributed by atoms with van der Waals surface area (Å²) in [6.45, 7) is 0. The number of nitrogens with two attached hydrogens (primary N) is 1. The van der Waals surface area contributed by atoms with Crippen LogP contribution >= 0.6 is 15.9 Å². The molecule has 0 saturated heterocycles. The molecule has 2 rings (SSSR count). The van der Waals surface area contributed by atoms with E-state index < -0.39 is 0 Å². The molecule has 2 aromatic rings. The molecule has 0 amide bonds. The van der Waals surface area contributed by atoms with Gasteiger partial charge in [-0.3, -0.25) is 4.98 Å². The van der Waals surface area contributed by atoms with Crippen LogP contribution in [0.3, 0.4) is 0 Å². The van der Waals surface area contributed by atoms with Gasteiger partial charge >= 0.3 is 0 Å². The number of hydrogen-bond donors (Lipinski definition) is 1. The molecule has 0 aromatic carbocycles. The van der Waals surface area contributed by atoms with E-state index in [1.165, 1.54) is 0 Å².